The molecular formula is C19H24N4O2. The van der Waals surface area contributed by atoms with Crippen LogP contribution in [0, 0.1) is 5.92 Å². The number of pyridine rings is 1. The van der Waals surface area contributed by atoms with Crippen molar-refractivity contribution in [3.63, 3.8) is 0 Å². The molecule has 0 amide bonds. The number of likely N-dealkylation sites (N-methyl/N-ethyl adjacent to an activating group) is 1. The Morgan fingerprint density at radius 3 is 2.80 bits per heavy atom. The third kappa shape index (κ3) is 2.65. The molecule has 0 fully saturated rings. The van der Waals surface area contributed by atoms with Crippen LogP contribution in [-0.4, -0.2) is 40.3 Å². The van der Waals surface area contributed by atoms with Gasteiger partial charge in [-0.05, 0) is 42.7 Å². The van der Waals surface area contributed by atoms with Crippen molar-refractivity contribution in [2.45, 2.75) is 39.5 Å². The van der Waals surface area contributed by atoms with Crippen molar-refractivity contribution in [3.05, 3.63) is 23.1 Å². The average Bonchev–Trinajstić information content (AvgIpc) is 3.17. The molecule has 1 N–H and O–H groups in total. The SMILES string of the molecule is CC(C)Cc1nc2oc3c(N(C)CCO)ncnc3c2c2c1CCC2. The zero-order valence-electron chi connectivity index (χ0n) is 15.0. The first-order chi connectivity index (χ1) is 12.1. The Kier molecular flexibility index (Phi) is 4.07. The quantitative estimate of drug-likeness (QED) is 0.770. The molecule has 6 heteroatoms. The third-order valence-electron chi connectivity index (χ3n) is 4.94. The molecule has 0 saturated heterocycles. The molecule has 1 aliphatic carbocycles. The summed E-state index contributed by atoms with van der Waals surface area (Å²) < 4.78 is 6.14. The highest BCUT2D eigenvalue weighted by molar-refractivity contribution is 6.06. The van der Waals surface area contributed by atoms with Crippen LogP contribution in [0.1, 0.15) is 37.1 Å². The number of aliphatic hydroxyl groups is 1. The minimum absolute atomic E-state index is 0.0639. The fourth-order valence-electron chi connectivity index (χ4n) is 3.85. The summed E-state index contributed by atoms with van der Waals surface area (Å²) in [6, 6.07) is 0. The van der Waals surface area contributed by atoms with Crippen molar-refractivity contribution in [2.75, 3.05) is 25.1 Å². The number of hydrogen-bond donors (Lipinski definition) is 1. The topological polar surface area (TPSA) is 75.3 Å². The lowest BCUT2D eigenvalue weighted by atomic mass is 9.99. The molecule has 0 spiro atoms. The number of anilines is 1. The van der Waals surface area contributed by atoms with Crippen LogP contribution in [0.25, 0.3) is 22.2 Å². The van der Waals surface area contributed by atoms with E-state index in [0.717, 1.165) is 36.6 Å². The Morgan fingerprint density at radius 1 is 1.24 bits per heavy atom. The smallest absolute Gasteiger partial charge is 0.229 e. The van der Waals surface area contributed by atoms with Crippen molar-refractivity contribution < 1.29 is 9.52 Å². The highest BCUT2D eigenvalue weighted by Gasteiger charge is 2.26. The fraction of sp³-hybridized carbons (Fsp3) is 0.526. The van der Waals surface area contributed by atoms with Gasteiger partial charge in [0, 0.05) is 19.3 Å². The van der Waals surface area contributed by atoms with Gasteiger partial charge in [-0.25, -0.2) is 15.0 Å². The number of rotatable bonds is 5. The minimum atomic E-state index is 0.0639. The summed E-state index contributed by atoms with van der Waals surface area (Å²) in [5, 5.41) is 10.3. The average molecular weight is 340 g/mol. The van der Waals surface area contributed by atoms with Gasteiger partial charge in [-0.3, -0.25) is 0 Å². The number of fused-ring (bicyclic) bond motifs is 5. The van der Waals surface area contributed by atoms with E-state index in [2.05, 4.69) is 23.8 Å². The maximum Gasteiger partial charge on any atom is 0.229 e. The number of aryl methyl sites for hydroxylation is 1. The molecule has 6 nitrogen and oxygen atoms in total. The van der Waals surface area contributed by atoms with Crippen molar-refractivity contribution >= 4 is 28.0 Å². The highest BCUT2D eigenvalue weighted by atomic mass is 16.3. The lowest BCUT2D eigenvalue weighted by molar-refractivity contribution is 0.304. The summed E-state index contributed by atoms with van der Waals surface area (Å²) in [5.74, 6) is 1.26. The molecule has 3 aromatic rings. The van der Waals surface area contributed by atoms with Gasteiger partial charge in [-0.15, -0.1) is 0 Å². The lowest BCUT2D eigenvalue weighted by Gasteiger charge is -2.15. The van der Waals surface area contributed by atoms with Crippen LogP contribution >= 0.6 is 0 Å². The first kappa shape index (κ1) is 16.3. The van der Waals surface area contributed by atoms with Gasteiger partial charge in [-0.1, -0.05) is 13.8 Å². The van der Waals surface area contributed by atoms with Gasteiger partial charge in [0.2, 0.25) is 5.71 Å². The second-order valence-electron chi connectivity index (χ2n) is 7.27. The summed E-state index contributed by atoms with van der Waals surface area (Å²) in [4.78, 5) is 15.6. The first-order valence-corrected chi connectivity index (χ1v) is 9.00. The third-order valence-corrected chi connectivity index (χ3v) is 4.94. The van der Waals surface area contributed by atoms with Crippen LogP contribution in [-0.2, 0) is 19.3 Å². The standard InChI is InChI=1S/C19H24N4O2/c1-11(2)9-14-12-5-4-6-13(12)15-16-17(25-19(15)22-14)18(21-10-20-16)23(3)7-8-24/h10-11,24H,4-9H2,1-3H3. The Balaban J connectivity index is 1.98. The van der Waals surface area contributed by atoms with E-state index in [4.69, 9.17) is 9.40 Å². The predicted octanol–water partition coefficient (Wildman–Crippen LogP) is 2.89. The fourth-order valence-corrected chi connectivity index (χ4v) is 3.85. The van der Waals surface area contributed by atoms with Crippen molar-refractivity contribution in [3.8, 4) is 0 Å². The van der Waals surface area contributed by atoms with E-state index >= 15 is 0 Å². The summed E-state index contributed by atoms with van der Waals surface area (Å²) in [5.41, 5.74) is 6.10. The van der Waals surface area contributed by atoms with Crippen molar-refractivity contribution in [1.29, 1.82) is 0 Å². The van der Waals surface area contributed by atoms with E-state index in [1.54, 1.807) is 6.33 Å². The molecule has 0 bridgehead atoms. The number of nitrogens with zero attached hydrogens (tertiary/aromatic N) is 4. The Morgan fingerprint density at radius 2 is 2.04 bits per heavy atom. The number of aromatic nitrogens is 3. The van der Waals surface area contributed by atoms with Crippen LogP contribution < -0.4 is 4.90 Å². The molecular weight excluding hydrogens is 316 g/mol. The highest BCUT2D eigenvalue weighted by Crippen LogP contribution is 2.38. The molecule has 0 aliphatic heterocycles. The summed E-state index contributed by atoms with van der Waals surface area (Å²) in [7, 11) is 1.90. The van der Waals surface area contributed by atoms with Gasteiger partial charge >= 0.3 is 0 Å². The minimum Gasteiger partial charge on any atom is -0.432 e. The molecule has 0 saturated carbocycles. The van der Waals surface area contributed by atoms with E-state index in [9.17, 15) is 5.11 Å². The second-order valence-corrected chi connectivity index (χ2v) is 7.27. The van der Waals surface area contributed by atoms with E-state index in [1.807, 2.05) is 11.9 Å². The molecule has 0 radical (unpaired) electrons. The number of furan rings is 1. The van der Waals surface area contributed by atoms with Crippen LogP contribution in [0.4, 0.5) is 5.82 Å². The first-order valence-electron chi connectivity index (χ1n) is 9.00. The van der Waals surface area contributed by atoms with Crippen molar-refractivity contribution in [1.82, 2.24) is 15.0 Å². The maximum absolute atomic E-state index is 9.23. The summed E-state index contributed by atoms with van der Waals surface area (Å²) in [6.07, 6.45) is 5.85. The monoisotopic (exact) mass is 340 g/mol. The van der Waals surface area contributed by atoms with Crippen LogP contribution in [0.5, 0.6) is 0 Å². The van der Waals surface area contributed by atoms with E-state index in [1.165, 1.54) is 16.8 Å². The number of aliphatic hydroxyl groups excluding tert-OH is 1. The maximum atomic E-state index is 9.23. The normalized spacial score (nSPS) is 14.0. The molecule has 25 heavy (non-hydrogen) atoms. The van der Waals surface area contributed by atoms with Gasteiger partial charge in [0.1, 0.15) is 11.8 Å². The zero-order chi connectivity index (χ0) is 17.6. The van der Waals surface area contributed by atoms with Crippen LogP contribution in [0.2, 0.25) is 0 Å². The molecule has 3 aromatic heterocycles. The molecule has 0 aromatic carbocycles. The zero-order valence-corrected chi connectivity index (χ0v) is 15.0. The van der Waals surface area contributed by atoms with Gasteiger partial charge in [0.25, 0.3) is 0 Å². The molecule has 1 aliphatic rings. The molecule has 132 valence electrons. The van der Waals surface area contributed by atoms with Gasteiger partial charge < -0.3 is 14.4 Å². The summed E-state index contributed by atoms with van der Waals surface area (Å²) in [6.45, 7) is 5.00. The molecule has 0 unspecified atom stereocenters. The van der Waals surface area contributed by atoms with E-state index in [-0.39, 0.29) is 6.61 Å². The van der Waals surface area contributed by atoms with E-state index < -0.39 is 0 Å². The Bertz CT molecular complexity index is 932. The van der Waals surface area contributed by atoms with Gasteiger partial charge in [0.15, 0.2) is 11.4 Å². The van der Waals surface area contributed by atoms with Crippen molar-refractivity contribution in [2.24, 2.45) is 5.92 Å². The van der Waals surface area contributed by atoms with Gasteiger partial charge in [0.05, 0.1) is 12.0 Å². The van der Waals surface area contributed by atoms with Crippen LogP contribution in [0.15, 0.2) is 10.7 Å². The van der Waals surface area contributed by atoms with Gasteiger partial charge in [-0.2, -0.15) is 0 Å². The summed E-state index contributed by atoms with van der Waals surface area (Å²) >= 11 is 0. The largest absolute Gasteiger partial charge is 0.432 e. The number of hydrogen-bond acceptors (Lipinski definition) is 6. The molecule has 4 rings (SSSR count). The molecule has 0 atom stereocenters. The van der Waals surface area contributed by atoms with Crippen LogP contribution in [0.3, 0.4) is 0 Å². The Hall–Kier alpha value is -2.21. The second kappa shape index (κ2) is 6.26. The van der Waals surface area contributed by atoms with E-state index in [0.29, 0.717) is 29.6 Å². The lowest BCUT2D eigenvalue weighted by Crippen LogP contribution is -2.22. The molecule has 3 heterocycles. The predicted molar refractivity (Wildman–Crippen MR) is 98.0 cm³/mol. The Labute approximate surface area is 146 Å².